The zero-order valence-corrected chi connectivity index (χ0v) is 15.1. The quantitative estimate of drug-likeness (QED) is 0.537. The summed E-state index contributed by atoms with van der Waals surface area (Å²) in [4.78, 5) is 8.82. The molecule has 0 aliphatic heterocycles. The van der Waals surface area contributed by atoms with Crippen molar-refractivity contribution in [3.8, 4) is 34.3 Å². The molecule has 0 fully saturated rings. The second-order valence-electron chi connectivity index (χ2n) is 5.84. The minimum Gasteiger partial charge on any atom is -0.415 e. The van der Waals surface area contributed by atoms with E-state index in [1.165, 1.54) is 12.4 Å². The van der Waals surface area contributed by atoms with Crippen molar-refractivity contribution in [1.29, 1.82) is 0 Å². The van der Waals surface area contributed by atoms with E-state index in [-0.39, 0.29) is 10.8 Å². The Balaban J connectivity index is 1.76. The number of sulfone groups is 1. The Hall–Kier alpha value is -3.39. The molecule has 134 valence electrons. The lowest BCUT2D eigenvalue weighted by molar-refractivity contribution is 0.582. The largest absolute Gasteiger partial charge is 0.415 e. The minimum absolute atomic E-state index is 0.187. The monoisotopic (exact) mass is 378 g/mol. The average molecular weight is 378 g/mol. The van der Waals surface area contributed by atoms with Gasteiger partial charge in [-0.2, -0.15) is 0 Å². The Labute approximate surface area is 155 Å². The molecule has 7 nitrogen and oxygen atoms in total. The number of hydrogen-bond donors (Lipinski definition) is 0. The summed E-state index contributed by atoms with van der Waals surface area (Å²) in [6.07, 6.45) is 4.16. The van der Waals surface area contributed by atoms with Gasteiger partial charge in [-0.3, -0.25) is 4.98 Å². The fourth-order valence-corrected chi connectivity index (χ4v) is 3.52. The molecule has 0 radical (unpaired) electrons. The van der Waals surface area contributed by atoms with Crippen molar-refractivity contribution < 1.29 is 12.8 Å². The molecule has 0 amide bonds. The summed E-state index contributed by atoms with van der Waals surface area (Å²) in [6.45, 7) is 0. The Morgan fingerprint density at radius 1 is 0.815 bits per heavy atom. The molecule has 0 N–H and O–H groups in total. The van der Waals surface area contributed by atoms with E-state index < -0.39 is 9.84 Å². The lowest BCUT2D eigenvalue weighted by Gasteiger charge is -2.07. The molecular formula is C19H14N4O3S. The zero-order valence-electron chi connectivity index (χ0n) is 14.3. The van der Waals surface area contributed by atoms with E-state index in [2.05, 4.69) is 20.2 Å². The van der Waals surface area contributed by atoms with Crippen molar-refractivity contribution in [2.24, 2.45) is 0 Å². The van der Waals surface area contributed by atoms with E-state index >= 15 is 0 Å². The Kier molecular flexibility index (Phi) is 4.25. The van der Waals surface area contributed by atoms with Crippen LogP contribution in [-0.2, 0) is 9.84 Å². The molecule has 0 unspecified atom stereocenters. The van der Waals surface area contributed by atoms with Gasteiger partial charge in [0.1, 0.15) is 5.69 Å². The number of hydrogen-bond acceptors (Lipinski definition) is 7. The summed E-state index contributed by atoms with van der Waals surface area (Å²) in [6, 6.07) is 16.0. The molecule has 2 aromatic heterocycles. The molecule has 0 saturated heterocycles. The van der Waals surface area contributed by atoms with Gasteiger partial charge in [-0.05, 0) is 18.2 Å². The summed E-state index contributed by atoms with van der Waals surface area (Å²) in [7, 11) is -3.41. The molecule has 4 aromatic rings. The normalized spacial score (nSPS) is 11.4. The van der Waals surface area contributed by atoms with Crippen LogP contribution in [0, 0.1) is 0 Å². The predicted octanol–water partition coefficient (Wildman–Crippen LogP) is 3.26. The Morgan fingerprint density at radius 3 is 2.26 bits per heavy atom. The molecule has 2 aromatic carbocycles. The maximum Gasteiger partial charge on any atom is 0.268 e. The average Bonchev–Trinajstić information content (AvgIpc) is 3.18. The van der Waals surface area contributed by atoms with Crippen LogP contribution < -0.4 is 0 Å². The van der Waals surface area contributed by atoms with Gasteiger partial charge in [-0.1, -0.05) is 36.4 Å². The molecule has 0 atom stereocenters. The van der Waals surface area contributed by atoms with Gasteiger partial charge in [0.15, 0.2) is 9.84 Å². The van der Waals surface area contributed by atoms with E-state index in [4.69, 9.17) is 4.42 Å². The molecule has 0 spiro atoms. The van der Waals surface area contributed by atoms with Crippen molar-refractivity contribution in [1.82, 2.24) is 20.2 Å². The predicted molar refractivity (Wildman–Crippen MR) is 99.3 cm³/mol. The number of aromatic nitrogens is 4. The van der Waals surface area contributed by atoms with Crippen LogP contribution in [0.5, 0.6) is 0 Å². The highest BCUT2D eigenvalue weighted by Gasteiger charge is 2.17. The van der Waals surface area contributed by atoms with Gasteiger partial charge in [0.25, 0.3) is 5.89 Å². The van der Waals surface area contributed by atoms with Gasteiger partial charge in [0.05, 0.1) is 23.0 Å². The van der Waals surface area contributed by atoms with Gasteiger partial charge >= 0.3 is 0 Å². The molecule has 8 heteroatoms. The molecule has 0 aliphatic carbocycles. The fourth-order valence-electron chi connectivity index (χ4n) is 2.62. The smallest absolute Gasteiger partial charge is 0.268 e. The van der Waals surface area contributed by atoms with E-state index in [0.29, 0.717) is 22.8 Å². The van der Waals surface area contributed by atoms with Crippen LogP contribution in [0.1, 0.15) is 0 Å². The van der Waals surface area contributed by atoms with E-state index in [9.17, 15) is 8.42 Å². The molecule has 4 rings (SSSR count). The highest BCUT2D eigenvalue weighted by molar-refractivity contribution is 7.90. The molecule has 27 heavy (non-hydrogen) atoms. The SMILES string of the molecule is CS(=O)(=O)c1ccccc1-c1cncc(-c2nnc(-c3ccccc3)o2)n1. The summed E-state index contributed by atoms with van der Waals surface area (Å²) in [5, 5.41) is 8.07. The lowest BCUT2D eigenvalue weighted by Crippen LogP contribution is -2.01. The molecule has 2 heterocycles. The second-order valence-corrected chi connectivity index (χ2v) is 7.82. The highest BCUT2D eigenvalue weighted by Crippen LogP contribution is 2.28. The third-order valence-electron chi connectivity index (χ3n) is 3.86. The van der Waals surface area contributed by atoms with Crippen molar-refractivity contribution in [3.05, 3.63) is 67.0 Å². The van der Waals surface area contributed by atoms with Crippen molar-refractivity contribution in [2.75, 3.05) is 6.26 Å². The van der Waals surface area contributed by atoms with E-state index in [0.717, 1.165) is 11.8 Å². The molecule has 0 saturated carbocycles. The fraction of sp³-hybridized carbons (Fsp3) is 0.0526. The van der Waals surface area contributed by atoms with Crippen LogP contribution in [0.3, 0.4) is 0 Å². The lowest BCUT2D eigenvalue weighted by atomic mass is 10.1. The summed E-state index contributed by atoms with van der Waals surface area (Å²) in [5.41, 5.74) is 2.04. The first-order valence-electron chi connectivity index (χ1n) is 8.03. The first kappa shape index (κ1) is 17.0. The first-order chi connectivity index (χ1) is 13.0. The van der Waals surface area contributed by atoms with Gasteiger partial charge in [0, 0.05) is 17.4 Å². The summed E-state index contributed by atoms with van der Waals surface area (Å²) in [5.74, 6) is 0.578. The number of benzene rings is 2. The van der Waals surface area contributed by atoms with Gasteiger partial charge in [-0.25, -0.2) is 13.4 Å². The van der Waals surface area contributed by atoms with Gasteiger partial charge < -0.3 is 4.42 Å². The van der Waals surface area contributed by atoms with Gasteiger partial charge in [0.2, 0.25) is 5.89 Å². The second kappa shape index (κ2) is 6.73. The van der Waals surface area contributed by atoms with Crippen molar-refractivity contribution >= 4 is 9.84 Å². The van der Waals surface area contributed by atoms with Crippen LogP contribution >= 0.6 is 0 Å². The summed E-state index contributed by atoms with van der Waals surface area (Å²) >= 11 is 0. The topological polar surface area (TPSA) is 98.8 Å². The van der Waals surface area contributed by atoms with Crippen LogP contribution in [0.25, 0.3) is 34.3 Å². The van der Waals surface area contributed by atoms with Crippen LogP contribution in [0.4, 0.5) is 0 Å². The maximum absolute atomic E-state index is 12.1. The van der Waals surface area contributed by atoms with Crippen LogP contribution in [0.15, 0.2) is 76.3 Å². The Morgan fingerprint density at radius 2 is 1.48 bits per heavy atom. The van der Waals surface area contributed by atoms with Crippen molar-refractivity contribution in [3.63, 3.8) is 0 Å². The molecular weight excluding hydrogens is 364 g/mol. The van der Waals surface area contributed by atoms with Crippen LogP contribution in [-0.4, -0.2) is 34.8 Å². The summed E-state index contributed by atoms with van der Waals surface area (Å²) < 4.78 is 29.8. The first-order valence-corrected chi connectivity index (χ1v) is 9.92. The number of nitrogens with zero attached hydrogens (tertiary/aromatic N) is 4. The van der Waals surface area contributed by atoms with E-state index in [1.807, 2.05) is 30.3 Å². The third kappa shape index (κ3) is 3.47. The standard InChI is InChI=1S/C19H14N4O3S/c1-27(24,25)17-10-6-5-9-14(17)15-11-20-12-16(21-15)19-23-22-18(26-19)13-7-3-2-4-8-13/h2-12H,1H3. The molecule has 0 bridgehead atoms. The van der Waals surface area contributed by atoms with Crippen molar-refractivity contribution in [2.45, 2.75) is 4.90 Å². The highest BCUT2D eigenvalue weighted by atomic mass is 32.2. The number of rotatable bonds is 4. The molecule has 0 aliphatic rings. The zero-order chi connectivity index (χ0) is 18.9. The minimum atomic E-state index is -3.41. The maximum atomic E-state index is 12.1. The van der Waals surface area contributed by atoms with Crippen LogP contribution in [0.2, 0.25) is 0 Å². The van der Waals surface area contributed by atoms with E-state index in [1.54, 1.807) is 24.3 Å². The Bertz CT molecular complexity index is 1200. The third-order valence-corrected chi connectivity index (χ3v) is 5.02. The van der Waals surface area contributed by atoms with Gasteiger partial charge in [-0.15, -0.1) is 10.2 Å².